The largest absolute Gasteiger partial charge is 0.507 e. The lowest BCUT2D eigenvalue weighted by molar-refractivity contribution is -0.140. The molecule has 2 saturated heterocycles. The van der Waals surface area contributed by atoms with Crippen molar-refractivity contribution in [1.29, 1.82) is 0 Å². The molecule has 2 aromatic rings. The van der Waals surface area contributed by atoms with E-state index in [4.69, 9.17) is 9.39 Å². The molecular weight excluding hydrogens is 481 g/mol. The molecule has 1 aliphatic carbocycles. The molecule has 38 heavy (non-hydrogen) atoms. The van der Waals surface area contributed by atoms with Crippen LogP contribution < -0.4 is 0 Å². The number of benzene rings is 2. The Kier molecular flexibility index (Phi) is 7.75. The van der Waals surface area contributed by atoms with E-state index in [9.17, 15) is 19.7 Å². The minimum absolute atomic E-state index is 0.0908. The van der Waals surface area contributed by atoms with E-state index in [1.54, 1.807) is 13.2 Å². The monoisotopic (exact) mass is 517 g/mol. The lowest BCUT2D eigenvalue weighted by atomic mass is 9.58. The summed E-state index contributed by atoms with van der Waals surface area (Å²) in [5, 5.41) is 22.7. The van der Waals surface area contributed by atoms with Crippen molar-refractivity contribution >= 4 is 35.8 Å². The molecule has 0 spiro atoms. The number of imide groups is 1. The smallest absolute Gasteiger partial charge is 0.455 e. The third kappa shape index (κ3) is 4.81. The molecular formula is C30H36BNO6. The van der Waals surface area contributed by atoms with E-state index >= 15 is 0 Å². The number of carbonyl (C=O) groups excluding carboxylic acids is 2. The third-order valence-electron chi connectivity index (χ3n) is 8.30. The number of fused-ring (bicyclic) bond motifs is 4. The highest BCUT2D eigenvalue weighted by atomic mass is 16.5. The topological polar surface area (TPSA) is 96.3 Å². The van der Waals surface area contributed by atoms with Crippen LogP contribution in [0.1, 0.15) is 45.1 Å². The van der Waals surface area contributed by atoms with Crippen molar-refractivity contribution in [2.45, 2.75) is 52.0 Å². The Balaban J connectivity index is 1.41. The van der Waals surface area contributed by atoms with Crippen LogP contribution in [0.4, 0.5) is 0 Å². The summed E-state index contributed by atoms with van der Waals surface area (Å²) in [4.78, 5) is 28.0. The number of aromatic hydroxyl groups is 1. The Labute approximate surface area is 224 Å². The zero-order chi connectivity index (χ0) is 27.0. The van der Waals surface area contributed by atoms with Gasteiger partial charge in [0.15, 0.2) is 0 Å². The number of likely N-dealkylation sites (tertiary alicyclic amines) is 1. The van der Waals surface area contributed by atoms with Crippen molar-refractivity contribution < 1.29 is 29.1 Å². The second-order valence-electron chi connectivity index (χ2n) is 10.8. The van der Waals surface area contributed by atoms with Crippen molar-refractivity contribution in [1.82, 2.24) is 4.90 Å². The fourth-order valence-corrected chi connectivity index (χ4v) is 6.71. The average Bonchev–Trinajstić information content (AvgIpc) is 3.14. The quantitative estimate of drug-likeness (QED) is 0.302. The van der Waals surface area contributed by atoms with E-state index in [1.807, 2.05) is 37.3 Å². The summed E-state index contributed by atoms with van der Waals surface area (Å²) in [6.07, 6.45) is 4.69. The van der Waals surface area contributed by atoms with Gasteiger partial charge in [-0.1, -0.05) is 48.9 Å². The maximum absolute atomic E-state index is 13.4. The summed E-state index contributed by atoms with van der Waals surface area (Å²) in [5.41, 5.74) is 4.25. The Bertz CT molecular complexity index is 1300. The highest BCUT2D eigenvalue weighted by Crippen LogP contribution is 2.50. The maximum Gasteiger partial charge on any atom is 0.455 e. The predicted octanol–water partition coefficient (Wildman–Crippen LogP) is 4.58. The second kappa shape index (κ2) is 11.0. The van der Waals surface area contributed by atoms with Gasteiger partial charge < -0.3 is 19.5 Å². The van der Waals surface area contributed by atoms with Gasteiger partial charge in [-0.15, -0.1) is 0 Å². The molecule has 7 nitrogen and oxygen atoms in total. The predicted molar refractivity (Wildman–Crippen MR) is 147 cm³/mol. The Morgan fingerprint density at radius 1 is 1.16 bits per heavy atom. The number of allylic oxidation sites excluding steroid dienone is 1. The third-order valence-corrected chi connectivity index (χ3v) is 8.30. The summed E-state index contributed by atoms with van der Waals surface area (Å²) in [6, 6.07) is 11.4. The van der Waals surface area contributed by atoms with E-state index in [2.05, 4.69) is 13.0 Å². The molecule has 0 bridgehead atoms. The van der Waals surface area contributed by atoms with Crippen molar-refractivity contribution in [3.63, 3.8) is 0 Å². The van der Waals surface area contributed by atoms with Gasteiger partial charge >= 0.3 is 7.12 Å². The molecule has 0 saturated carbocycles. The number of amides is 2. The Morgan fingerprint density at radius 3 is 2.66 bits per heavy atom. The first-order valence-electron chi connectivity index (χ1n) is 13.6. The van der Waals surface area contributed by atoms with Gasteiger partial charge in [-0.25, -0.2) is 0 Å². The number of carbonyl (C=O) groups is 2. The molecule has 4 atom stereocenters. The van der Waals surface area contributed by atoms with E-state index < -0.39 is 13.0 Å². The standard InChI is InChI=1S/C30H36BNO6/c1-4-13-32-29(34)23-15-20(17-37-3)27-24(28(23)30(32)35)16-31(36)38-26(27)12-9-18(2)14-19-10-11-25(33)22-8-6-5-7-21(19)22/h5-8,10-11,14,23-24,26,28,33,36H,4,9,12-13,15-17H2,1-3H3/b18-14+/t23-,24+,26-,28-/m1/s1. The number of methoxy groups -OCH3 is 1. The molecule has 2 aromatic carbocycles. The summed E-state index contributed by atoms with van der Waals surface area (Å²) in [7, 11) is 0.659. The molecule has 0 unspecified atom stereocenters. The SMILES string of the molecule is CCCN1C(=O)[C@@H]2[C@@H](CC(COC)=C3[C@@H](CC/C(C)=C/c4ccc(O)c5ccccc45)OB(O)C[C@@H]32)C1=O. The van der Waals surface area contributed by atoms with Gasteiger partial charge in [0.25, 0.3) is 0 Å². The van der Waals surface area contributed by atoms with Crippen molar-refractivity contribution in [3.8, 4) is 5.75 Å². The van der Waals surface area contributed by atoms with Gasteiger partial charge in [-0.05, 0) is 73.0 Å². The minimum Gasteiger partial charge on any atom is -0.507 e. The van der Waals surface area contributed by atoms with Gasteiger partial charge in [-0.3, -0.25) is 14.5 Å². The van der Waals surface area contributed by atoms with Crippen LogP contribution in [0.3, 0.4) is 0 Å². The molecule has 2 N–H and O–H groups in total. The molecule has 3 aliphatic rings. The van der Waals surface area contributed by atoms with Crippen molar-refractivity contribution in [3.05, 3.63) is 58.7 Å². The second-order valence-corrected chi connectivity index (χ2v) is 10.8. The lowest BCUT2D eigenvalue weighted by Crippen LogP contribution is -2.46. The van der Waals surface area contributed by atoms with Crippen LogP contribution in [0.15, 0.2) is 53.1 Å². The van der Waals surface area contributed by atoms with Gasteiger partial charge in [-0.2, -0.15) is 0 Å². The van der Waals surface area contributed by atoms with Crippen LogP contribution in [0.5, 0.6) is 5.75 Å². The summed E-state index contributed by atoms with van der Waals surface area (Å²) in [6.45, 7) is 4.86. The summed E-state index contributed by atoms with van der Waals surface area (Å²) >= 11 is 0. The van der Waals surface area contributed by atoms with E-state index in [-0.39, 0.29) is 35.5 Å². The average molecular weight is 517 g/mol. The first kappa shape index (κ1) is 26.7. The zero-order valence-corrected chi connectivity index (χ0v) is 22.4. The molecule has 2 heterocycles. The fraction of sp³-hybridized carbons (Fsp3) is 0.467. The van der Waals surface area contributed by atoms with Crippen LogP contribution in [0.2, 0.25) is 6.32 Å². The van der Waals surface area contributed by atoms with Crippen LogP contribution in [0, 0.1) is 17.8 Å². The van der Waals surface area contributed by atoms with Crippen LogP contribution in [-0.4, -0.2) is 60.3 Å². The van der Waals surface area contributed by atoms with Crippen LogP contribution in [0.25, 0.3) is 16.8 Å². The normalized spacial score (nSPS) is 25.8. The highest BCUT2D eigenvalue weighted by molar-refractivity contribution is 6.43. The van der Waals surface area contributed by atoms with Gasteiger partial charge in [0, 0.05) is 19.0 Å². The maximum atomic E-state index is 13.4. The van der Waals surface area contributed by atoms with E-state index in [1.165, 1.54) is 4.90 Å². The Morgan fingerprint density at radius 2 is 1.92 bits per heavy atom. The molecule has 2 aliphatic heterocycles. The van der Waals surface area contributed by atoms with Gasteiger partial charge in [0.2, 0.25) is 11.8 Å². The minimum atomic E-state index is -0.982. The van der Waals surface area contributed by atoms with Crippen molar-refractivity contribution in [2.75, 3.05) is 20.3 Å². The first-order chi connectivity index (χ1) is 18.3. The molecule has 8 heteroatoms. The number of ether oxygens (including phenoxy) is 1. The zero-order valence-electron chi connectivity index (χ0n) is 22.4. The van der Waals surface area contributed by atoms with E-state index in [0.29, 0.717) is 32.3 Å². The van der Waals surface area contributed by atoms with Crippen LogP contribution in [-0.2, 0) is 19.0 Å². The number of nitrogens with zero attached hydrogens (tertiary/aromatic N) is 1. The lowest BCUT2D eigenvalue weighted by Gasteiger charge is -2.43. The molecule has 200 valence electrons. The first-order valence-corrected chi connectivity index (χ1v) is 13.6. The number of phenols is 1. The highest BCUT2D eigenvalue weighted by Gasteiger charge is 2.57. The molecule has 0 aromatic heterocycles. The molecule has 5 rings (SSSR count). The molecule has 2 amide bonds. The number of hydrogen-bond acceptors (Lipinski definition) is 6. The summed E-state index contributed by atoms with van der Waals surface area (Å²) < 4.78 is 11.6. The molecule has 0 radical (unpaired) electrons. The van der Waals surface area contributed by atoms with Crippen molar-refractivity contribution in [2.24, 2.45) is 17.8 Å². The van der Waals surface area contributed by atoms with Crippen LogP contribution >= 0.6 is 0 Å². The number of rotatable bonds is 8. The number of hydrogen-bond donors (Lipinski definition) is 2. The number of phenolic OH excluding ortho intramolecular Hbond substituents is 1. The summed E-state index contributed by atoms with van der Waals surface area (Å²) in [5.74, 6) is -0.988. The van der Waals surface area contributed by atoms with Gasteiger partial charge in [0.05, 0.1) is 24.5 Å². The molecule has 2 fully saturated rings. The Hall–Kier alpha value is -2.94. The fourth-order valence-electron chi connectivity index (χ4n) is 6.71. The van der Waals surface area contributed by atoms with Gasteiger partial charge in [0.1, 0.15) is 5.75 Å². The van der Waals surface area contributed by atoms with E-state index in [0.717, 1.165) is 45.9 Å².